The first-order valence-corrected chi connectivity index (χ1v) is 5.97. The normalized spacial score (nSPS) is 16.2. The fraction of sp³-hybridized carbons (Fsp3) is 0.364. The zero-order valence-corrected chi connectivity index (χ0v) is 10.4. The van der Waals surface area contributed by atoms with E-state index in [2.05, 4.69) is 15.9 Å². The summed E-state index contributed by atoms with van der Waals surface area (Å²) in [7, 11) is 0. The van der Waals surface area contributed by atoms with Gasteiger partial charge >= 0.3 is 0 Å². The van der Waals surface area contributed by atoms with Gasteiger partial charge in [-0.1, -0.05) is 0 Å². The molecule has 16 heavy (non-hydrogen) atoms. The van der Waals surface area contributed by atoms with Crippen LogP contribution in [0.5, 0.6) is 0 Å². The highest BCUT2D eigenvalue weighted by atomic mass is 79.9. The van der Waals surface area contributed by atoms with Crippen molar-refractivity contribution in [3.05, 3.63) is 28.2 Å². The first kappa shape index (κ1) is 11.4. The Bertz CT molecular complexity index is 403. The summed E-state index contributed by atoms with van der Waals surface area (Å²) in [6.45, 7) is 1.26. The third kappa shape index (κ3) is 2.36. The third-order valence-corrected chi connectivity index (χ3v) is 3.19. The number of rotatable bonds is 1. The standard InChI is InChI=1S/C11H13BrN2O2/c12-9-4-3-8(7-10(9)13)11(15)14-5-1-2-6-16-14/h3-4,7H,1-2,5-6,13H2. The lowest BCUT2D eigenvalue weighted by atomic mass is 10.2. The minimum absolute atomic E-state index is 0.126. The number of carbonyl (C=O) groups is 1. The molecule has 1 saturated heterocycles. The number of nitrogens with two attached hydrogens (primary N) is 1. The van der Waals surface area contributed by atoms with Crippen molar-refractivity contribution in [3.63, 3.8) is 0 Å². The maximum Gasteiger partial charge on any atom is 0.277 e. The molecule has 1 aliphatic rings. The second kappa shape index (κ2) is 4.84. The van der Waals surface area contributed by atoms with Gasteiger partial charge < -0.3 is 5.73 Å². The van der Waals surface area contributed by atoms with Crippen molar-refractivity contribution in [2.45, 2.75) is 12.8 Å². The number of benzene rings is 1. The molecule has 86 valence electrons. The number of hydroxylamine groups is 2. The van der Waals surface area contributed by atoms with Crippen molar-refractivity contribution in [2.24, 2.45) is 0 Å². The average molecular weight is 285 g/mol. The van der Waals surface area contributed by atoms with E-state index in [0.29, 0.717) is 24.4 Å². The molecule has 1 aliphatic heterocycles. The molecule has 0 saturated carbocycles. The SMILES string of the molecule is Nc1cc(C(=O)N2CCCCO2)ccc1Br. The maximum atomic E-state index is 12.0. The van der Waals surface area contributed by atoms with Crippen LogP contribution in [-0.2, 0) is 4.84 Å². The Morgan fingerprint density at radius 2 is 2.25 bits per heavy atom. The predicted octanol–water partition coefficient (Wildman–Crippen LogP) is 2.20. The number of carbonyl (C=O) groups excluding carboxylic acids is 1. The molecule has 1 heterocycles. The molecule has 0 atom stereocenters. The molecule has 2 N–H and O–H groups in total. The van der Waals surface area contributed by atoms with E-state index in [4.69, 9.17) is 10.6 Å². The van der Waals surface area contributed by atoms with Crippen LogP contribution in [0.15, 0.2) is 22.7 Å². The van der Waals surface area contributed by atoms with Crippen LogP contribution in [0.25, 0.3) is 0 Å². The zero-order chi connectivity index (χ0) is 11.5. The lowest BCUT2D eigenvalue weighted by Gasteiger charge is -2.25. The minimum Gasteiger partial charge on any atom is -0.398 e. The summed E-state index contributed by atoms with van der Waals surface area (Å²) >= 11 is 3.29. The lowest BCUT2D eigenvalue weighted by molar-refractivity contribution is -0.144. The molecule has 0 aliphatic carbocycles. The fourth-order valence-electron chi connectivity index (χ4n) is 1.58. The summed E-state index contributed by atoms with van der Waals surface area (Å²) in [5.41, 5.74) is 6.85. The van der Waals surface area contributed by atoms with Gasteiger partial charge in [-0.25, -0.2) is 5.06 Å². The molecule has 1 aromatic rings. The van der Waals surface area contributed by atoms with Gasteiger partial charge in [0.25, 0.3) is 5.91 Å². The van der Waals surface area contributed by atoms with E-state index in [1.165, 1.54) is 5.06 Å². The van der Waals surface area contributed by atoms with Crippen LogP contribution >= 0.6 is 15.9 Å². The van der Waals surface area contributed by atoms with Gasteiger partial charge in [-0.3, -0.25) is 9.63 Å². The van der Waals surface area contributed by atoms with Crippen molar-refractivity contribution in [2.75, 3.05) is 18.9 Å². The smallest absolute Gasteiger partial charge is 0.277 e. The summed E-state index contributed by atoms with van der Waals surface area (Å²) in [6.07, 6.45) is 1.99. The van der Waals surface area contributed by atoms with Crippen molar-refractivity contribution < 1.29 is 9.63 Å². The summed E-state index contributed by atoms with van der Waals surface area (Å²) in [5.74, 6) is -0.126. The van der Waals surface area contributed by atoms with E-state index in [1.807, 2.05) is 0 Å². The minimum atomic E-state index is -0.126. The number of amides is 1. The quantitative estimate of drug-likeness (QED) is 0.805. The second-order valence-electron chi connectivity index (χ2n) is 3.68. The van der Waals surface area contributed by atoms with Crippen molar-refractivity contribution in [3.8, 4) is 0 Å². The molecule has 5 heteroatoms. The van der Waals surface area contributed by atoms with Crippen LogP contribution in [0.4, 0.5) is 5.69 Å². The molecule has 1 aromatic carbocycles. The van der Waals surface area contributed by atoms with E-state index in [-0.39, 0.29) is 5.91 Å². The molecular weight excluding hydrogens is 272 g/mol. The molecule has 0 spiro atoms. The number of halogens is 1. The number of nitrogen functional groups attached to an aromatic ring is 1. The third-order valence-electron chi connectivity index (χ3n) is 2.47. The van der Waals surface area contributed by atoms with Crippen molar-refractivity contribution >= 4 is 27.5 Å². The number of nitrogens with zero attached hydrogens (tertiary/aromatic N) is 1. The largest absolute Gasteiger partial charge is 0.398 e. The van der Waals surface area contributed by atoms with Gasteiger partial charge in [0.15, 0.2) is 0 Å². The van der Waals surface area contributed by atoms with Gasteiger partial charge in [0.05, 0.1) is 6.61 Å². The molecule has 0 bridgehead atoms. The Kier molecular flexibility index (Phi) is 3.46. The molecule has 0 unspecified atom stereocenters. The van der Waals surface area contributed by atoms with E-state index >= 15 is 0 Å². The first-order chi connectivity index (χ1) is 7.68. The predicted molar refractivity (Wildman–Crippen MR) is 64.8 cm³/mol. The lowest BCUT2D eigenvalue weighted by Crippen LogP contribution is -2.35. The highest BCUT2D eigenvalue weighted by Crippen LogP contribution is 2.21. The monoisotopic (exact) mass is 284 g/mol. The van der Waals surface area contributed by atoms with Crippen LogP contribution in [0.1, 0.15) is 23.2 Å². The Morgan fingerprint density at radius 3 is 2.88 bits per heavy atom. The number of anilines is 1. The fourth-order valence-corrected chi connectivity index (χ4v) is 1.82. The van der Waals surface area contributed by atoms with Crippen LogP contribution in [-0.4, -0.2) is 24.1 Å². The van der Waals surface area contributed by atoms with Gasteiger partial charge in [-0.2, -0.15) is 0 Å². The summed E-state index contributed by atoms with van der Waals surface area (Å²) in [4.78, 5) is 17.3. The molecular formula is C11H13BrN2O2. The van der Waals surface area contributed by atoms with Crippen molar-refractivity contribution in [1.82, 2.24) is 5.06 Å². The van der Waals surface area contributed by atoms with Gasteiger partial charge in [0, 0.05) is 22.3 Å². The molecule has 0 radical (unpaired) electrons. The number of hydrogen-bond donors (Lipinski definition) is 1. The first-order valence-electron chi connectivity index (χ1n) is 5.18. The van der Waals surface area contributed by atoms with Gasteiger partial charge in [0.1, 0.15) is 0 Å². The Morgan fingerprint density at radius 1 is 1.44 bits per heavy atom. The van der Waals surface area contributed by atoms with Gasteiger partial charge in [-0.15, -0.1) is 0 Å². The van der Waals surface area contributed by atoms with Gasteiger partial charge in [0.2, 0.25) is 0 Å². The Balaban J connectivity index is 2.16. The molecule has 2 rings (SSSR count). The van der Waals surface area contributed by atoms with Crippen LogP contribution in [0.2, 0.25) is 0 Å². The molecule has 1 amide bonds. The van der Waals surface area contributed by atoms with Crippen molar-refractivity contribution in [1.29, 1.82) is 0 Å². The second-order valence-corrected chi connectivity index (χ2v) is 4.54. The maximum absolute atomic E-state index is 12.0. The van der Waals surface area contributed by atoms with E-state index in [9.17, 15) is 4.79 Å². The van der Waals surface area contributed by atoms with Crippen LogP contribution < -0.4 is 5.73 Å². The topological polar surface area (TPSA) is 55.6 Å². The van der Waals surface area contributed by atoms with Crippen LogP contribution in [0.3, 0.4) is 0 Å². The zero-order valence-electron chi connectivity index (χ0n) is 8.78. The van der Waals surface area contributed by atoms with E-state index in [0.717, 1.165) is 17.3 Å². The molecule has 1 fully saturated rings. The molecule has 4 nitrogen and oxygen atoms in total. The van der Waals surface area contributed by atoms with E-state index < -0.39 is 0 Å². The molecule has 0 aromatic heterocycles. The summed E-state index contributed by atoms with van der Waals surface area (Å²) in [6, 6.07) is 5.16. The van der Waals surface area contributed by atoms with Crippen LogP contribution in [0, 0.1) is 0 Å². The Labute approximate surface area is 102 Å². The Hall–Kier alpha value is -1.07. The highest BCUT2D eigenvalue weighted by molar-refractivity contribution is 9.10. The summed E-state index contributed by atoms with van der Waals surface area (Å²) in [5, 5.41) is 1.41. The highest BCUT2D eigenvalue weighted by Gasteiger charge is 2.19. The van der Waals surface area contributed by atoms with Gasteiger partial charge in [-0.05, 0) is 47.0 Å². The summed E-state index contributed by atoms with van der Waals surface area (Å²) < 4.78 is 0.795. The number of hydrogen-bond acceptors (Lipinski definition) is 3. The van der Waals surface area contributed by atoms with E-state index in [1.54, 1.807) is 18.2 Å². The average Bonchev–Trinajstić information content (AvgIpc) is 2.33.